The van der Waals surface area contributed by atoms with Gasteiger partial charge >= 0.3 is 0 Å². The van der Waals surface area contributed by atoms with Crippen molar-refractivity contribution in [1.82, 2.24) is 20.2 Å². The van der Waals surface area contributed by atoms with Gasteiger partial charge in [-0.2, -0.15) is 15.2 Å². The smallest absolute Gasteiger partial charge is 0.204 e. The number of aryl methyl sites for hydroxylation is 1. The zero-order valence-electron chi connectivity index (χ0n) is 10.6. The van der Waals surface area contributed by atoms with Gasteiger partial charge in [-0.15, -0.1) is 10.2 Å². The van der Waals surface area contributed by atoms with Crippen LogP contribution in [-0.4, -0.2) is 31.8 Å². The van der Waals surface area contributed by atoms with E-state index in [1.54, 1.807) is 31.3 Å². The Balaban J connectivity index is 2.23. The summed E-state index contributed by atoms with van der Waals surface area (Å²) in [5.74, 6) is 0.0824. The van der Waals surface area contributed by atoms with E-state index in [1.165, 1.54) is 4.80 Å². The van der Waals surface area contributed by atoms with Crippen LogP contribution in [0.5, 0.6) is 0 Å². The summed E-state index contributed by atoms with van der Waals surface area (Å²) >= 11 is 0. The standard InChI is InChI=1S/C11H11N9/c1-20-18-11(17-19-20)7-3-2-4-8(5-7)15-16-9(6-12)10(13)14/h2-5,15H,1H3,(H3,13,14)/b16-9+. The Labute approximate surface area is 114 Å². The van der Waals surface area contributed by atoms with Gasteiger partial charge in [-0.3, -0.25) is 10.8 Å². The topological polar surface area (TPSA) is 142 Å². The summed E-state index contributed by atoms with van der Waals surface area (Å²) in [7, 11) is 1.68. The van der Waals surface area contributed by atoms with Crippen molar-refractivity contribution >= 4 is 17.2 Å². The van der Waals surface area contributed by atoms with Crippen molar-refractivity contribution in [2.24, 2.45) is 17.9 Å². The van der Waals surface area contributed by atoms with E-state index in [-0.39, 0.29) is 5.71 Å². The summed E-state index contributed by atoms with van der Waals surface area (Å²) in [5, 5.41) is 31.4. The van der Waals surface area contributed by atoms with E-state index in [1.807, 2.05) is 6.07 Å². The highest BCUT2D eigenvalue weighted by molar-refractivity contribution is 6.45. The van der Waals surface area contributed by atoms with E-state index >= 15 is 0 Å². The van der Waals surface area contributed by atoms with Crippen molar-refractivity contribution < 1.29 is 0 Å². The molecular formula is C11H11N9. The second-order valence-electron chi connectivity index (χ2n) is 3.78. The fourth-order valence-corrected chi connectivity index (χ4v) is 1.39. The molecule has 0 aliphatic heterocycles. The molecule has 1 aromatic heterocycles. The van der Waals surface area contributed by atoms with Gasteiger partial charge in [0.15, 0.2) is 5.84 Å². The number of hydrazone groups is 1. The van der Waals surface area contributed by atoms with Crippen molar-refractivity contribution in [3.8, 4) is 17.5 Å². The number of nitrogens with two attached hydrogens (primary N) is 1. The number of benzene rings is 1. The molecule has 0 saturated heterocycles. The van der Waals surface area contributed by atoms with Crippen LogP contribution in [0.1, 0.15) is 0 Å². The van der Waals surface area contributed by atoms with Gasteiger partial charge in [0.1, 0.15) is 6.07 Å². The highest BCUT2D eigenvalue weighted by atomic mass is 15.6. The maximum Gasteiger partial charge on any atom is 0.204 e. The fourth-order valence-electron chi connectivity index (χ4n) is 1.39. The van der Waals surface area contributed by atoms with E-state index in [9.17, 15) is 0 Å². The number of tetrazole rings is 1. The largest absolute Gasteiger partial charge is 0.382 e. The molecule has 4 N–H and O–H groups in total. The lowest BCUT2D eigenvalue weighted by molar-refractivity contribution is 0.630. The summed E-state index contributed by atoms with van der Waals surface area (Å²) in [6.07, 6.45) is 0. The predicted molar refractivity (Wildman–Crippen MR) is 72.8 cm³/mol. The molecule has 0 radical (unpaired) electrons. The summed E-state index contributed by atoms with van der Waals surface area (Å²) < 4.78 is 0. The van der Waals surface area contributed by atoms with Gasteiger partial charge in [0, 0.05) is 5.56 Å². The molecule has 1 heterocycles. The minimum Gasteiger partial charge on any atom is -0.382 e. The molecule has 2 aromatic rings. The average Bonchev–Trinajstić information content (AvgIpc) is 2.86. The SMILES string of the molecule is Cn1nnc(-c2cccc(N/N=C(\C#N)C(=N)N)c2)n1. The Morgan fingerprint density at radius 3 is 2.95 bits per heavy atom. The Kier molecular flexibility index (Phi) is 3.67. The van der Waals surface area contributed by atoms with E-state index in [0.717, 1.165) is 5.56 Å². The highest BCUT2D eigenvalue weighted by Gasteiger charge is 2.05. The third kappa shape index (κ3) is 2.94. The number of anilines is 1. The monoisotopic (exact) mass is 269 g/mol. The molecule has 0 fully saturated rings. The molecule has 0 unspecified atom stereocenters. The van der Waals surface area contributed by atoms with E-state index in [4.69, 9.17) is 16.4 Å². The molecule has 9 nitrogen and oxygen atoms in total. The Bertz CT molecular complexity index is 707. The first-order valence-electron chi connectivity index (χ1n) is 5.53. The van der Waals surface area contributed by atoms with Crippen molar-refractivity contribution in [2.75, 3.05) is 5.43 Å². The second-order valence-corrected chi connectivity index (χ2v) is 3.78. The van der Waals surface area contributed by atoms with E-state index in [2.05, 4.69) is 25.9 Å². The van der Waals surface area contributed by atoms with Crippen molar-refractivity contribution in [3.63, 3.8) is 0 Å². The van der Waals surface area contributed by atoms with E-state index < -0.39 is 5.84 Å². The third-order valence-corrected chi connectivity index (χ3v) is 2.29. The molecule has 0 atom stereocenters. The number of hydrogen-bond donors (Lipinski definition) is 3. The number of amidine groups is 1. The Morgan fingerprint density at radius 2 is 2.35 bits per heavy atom. The molecule has 0 spiro atoms. The first-order valence-corrected chi connectivity index (χ1v) is 5.53. The van der Waals surface area contributed by atoms with Gasteiger partial charge in [0.2, 0.25) is 11.5 Å². The Morgan fingerprint density at radius 1 is 1.55 bits per heavy atom. The molecular weight excluding hydrogens is 258 g/mol. The number of nitrogens with one attached hydrogen (secondary N) is 2. The predicted octanol–water partition coefficient (Wildman–Crippen LogP) is 0.105. The van der Waals surface area contributed by atoms with Crippen molar-refractivity contribution in [3.05, 3.63) is 24.3 Å². The highest BCUT2D eigenvalue weighted by Crippen LogP contribution is 2.18. The lowest BCUT2D eigenvalue weighted by Crippen LogP contribution is -2.21. The molecule has 0 aliphatic carbocycles. The van der Waals surface area contributed by atoms with Crippen LogP contribution in [0.2, 0.25) is 0 Å². The maximum atomic E-state index is 8.74. The Hall–Kier alpha value is -3.28. The summed E-state index contributed by atoms with van der Waals surface area (Å²) in [4.78, 5) is 1.36. The normalized spacial score (nSPS) is 10.9. The van der Waals surface area contributed by atoms with Gasteiger partial charge in [0.05, 0.1) is 12.7 Å². The van der Waals surface area contributed by atoms with Gasteiger partial charge in [-0.05, 0) is 17.3 Å². The first kappa shape index (κ1) is 13.2. The molecule has 0 saturated carbocycles. The molecule has 20 heavy (non-hydrogen) atoms. The lowest BCUT2D eigenvalue weighted by atomic mass is 10.2. The molecule has 0 aliphatic rings. The molecule has 2 rings (SSSR count). The summed E-state index contributed by atoms with van der Waals surface area (Å²) in [5.41, 5.74) is 9.03. The van der Waals surface area contributed by atoms with Crippen LogP contribution in [0.25, 0.3) is 11.4 Å². The average molecular weight is 269 g/mol. The lowest BCUT2D eigenvalue weighted by Gasteiger charge is -2.02. The summed E-state index contributed by atoms with van der Waals surface area (Å²) in [6.45, 7) is 0. The van der Waals surface area contributed by atoms with Crippen LogP contribution in [-0.2, 0) is 7.05 Å². The number of rotatable bonds is 4. The van der Waals surface area contributed by atoms with Crippen LogP contribution in [0.15, 0.2) is 29.4 Å². The molecule has 0 amide bonds. The first-order chi connectivity index (χ1) is 9.60. The molecule has 1 aromatic carbocycles. The van der Waals surface area contributed by atoms with Crippen LogP contribution in [0, 0.1) is 16.7 Å². The second kappa shape index (κ2) is 5.57. The quantitative estimate of drug-likeness (QED) is 0.408. The molecule has 0 bridgehead atoms. The zero-order chi connectivity index (χ0) is 14.5. The van der Waals surface area contributed by atoms with Gasteiger partial charge < -0.3 is 5.73 Å². The van der Waals surface area contributed by atoms with Crippen LogP contribution in [0.3, 0.4) is 0 Å². The zero-order valence-corrected chi connectivity index (χ0v) is 10.6. The number of nitriles is 1. The third-order valence-electron chi connectivity index (χ3n) is 2.29. The number of nitrogens with zero attached hydrogens (tertiary/aromatic N) is 6. The van der Waals surface area contributed by atoms with E-state index in [0.29, 0.717) is 11.5 Å². The van der Waals surface area contributed by atoms with Crippen molar-refractivity contribution in [2.45, 2.75) is 0 Å². The van der Waals surface area contributed by atoms with Crippen LogP contribution in [0.4, 0.5) is 5.69 Å². The minimum atomic E-state index is -0.397. The fraction of sp³-hybridized carbons (Fsp3) is 0.0909. The molecule has 100 valence electrons. The maximum absolute atomic E-state index is 8.74. The van der Waals surface area contributed by atoms with Gasteiger partial charge in [0.25, 0.3) is 0 Å². The molecule has 9 heteroatoms. The van der Waals surface area contributed by atoms with Crippen LogP contribution >= 0.6 is 0 Å². The van der Waals surface area contributed by atoms with Gasteiger partial charge in [-0.25, -0.2) is 0 Å². The summed E-state index contributed by atoms with van der Waals surface area (Å²) in [6, 6.07) is 8.82. The van der Waals surface area contributed by atoms with Crippen LogP contribution < -0.4 is 11.2 Å². The van der Waals surface area contributed by atoms with Gasteiger partial charge in [-0.1, -0.05) is 12.1 Å². The van der Waals surface area contributed by atoms with Crippen molar-refractivity contribution in [1.29, 1.82) is 10.7 Å². The number of hydrogen-bond acceptors (Lipinski definition) is 7. The minimum absolute atomic E-state index is 0.187. The number of aromatic nitrogens is 4.